The quantitative estimate of drug-likeness (QED) is 0.670. The molecule has 154 valence electrons. The van der Waals surface area contributed by atoms with Crippen LogP contribution in [0, 0.1) is 0 Å². The summed E-state index contributed by atoms with van der Waals surface area (Å²) in [5, 5.41) is 8.60. The van der Waals surface area contributed by atoms with E-state index in [-0.39, 0.29) is 23.9 Å². The first-order valence-corrected chi connectivity index (χ1v) is 10.4. The van der Waals surface area contributed by atoms with Crippen LogP contribution in [0.1, 0.15) is 38.5 Å². The monoisotopic (exact) mass is 388 g/mol. The van der Waals surface area contributed by atoms with Crippen molar-refractivity contribution >= 4 is 17.6 Å². The average molecular weight is 389 g/mol. The maximum atomic E-state index is 12.3. The van der Waals surface area contributed by atoms with Crippen LogP contribution >= 0.6 is 0 Å². The minimum Gasteiger partial charge on any atom is -0.379 e. The van der Waals surface area contributed by atoms with E-state index in [1.165, 1.54) is 19.3 Å². The number of nitrogens with one attached hydrogen (secondary N) is 3. The molecule has 0 unspecified atom stereocenters. The number of carbonyl (C=O) groups excluding carboxylic acids is 2. The van der Waals surface area contributed by atoms with Gasteiger partial charge in [0.1, 0.15) is 0 Å². The molecule has 1 aliphatic heterocycles. The predicted molar refractivity (Wildman–Crippen MR) is 109 cm³/mol. The number of carbonyl (C=O) groups is 2. The van der Waals surface area contributed by atoms with Gasteiger partial charge in [0, 0.05) is 43.8 Å². The molecule has 1 aromatic carbocycles. The number of morpholine rings is 1. The van der Waals surface area contributed by atoms with Gasteiger partial charge in [0.2, 0.25) is 5.91 Å². The van der Waals surface area contributed by atoms with Gasteiger partial charge in [-0.2, -0.15) is 0 Å². The molecule has 28 heavy (non-hydrogen) atoms. The summed E-state index contributed by atoms with van der Waals surface area (Å²) >= 11 is 0. The number of hydrogen-bond donors (Lipinski definition) is 3. The Morgan fingerprint density at radius 2 is 1.71 bits per heavy atom. The Kier molecular flexibility index (Phi) is 7.68. The highest BCUT2D eigenvalue weighted by Gasteiger charge is 2.38. The van der Waals surface area contributed by atoms with Gasteiger partial charge >= 0.3 is 6.03 Å². The van der Waals surface area contributed by atoms with Gasteiger partial charge in [-0.25, -0.2) is 4.79 Å². The van der Waals surface area contributed by atoms with Crippen LogP contribution in [0.5, 0.6) is 0 Å². The maximum absolute atomic E-state index is 12.3. The molecule has 7 heteroatoms. The lowest BCUT2D eigenvalue weighted by atomic mass is 9.79. The number of nitrogens with zero attached hydrogens (tertiary/aromatic N) is 1. The molecule has 1 heterocycles. The number of hydrogen-bond acceptors (Lipinski definition) is 4. The summed E-state index contributed by atoms with van der Waals surface area (Å²) in [6.07, 6.45) is 6.25. The third kappa shape index (κ3) is 5.94. The standard InChI is InChI=1S/C21H32N4O3/c26-19(9-12-22-20(27)24-18-7-3-1-4-8-18)23-17-21(10-5-2-6-11-21)25-13-15-28-16-14-25/h1,3-4,7-8H,2,5-6,9-17H2,(H,23,26)(H2,22,24,27). The number of amides is 3. The highest BCUT2D eigenvalue weighted by atomic mass is 16.5. The molecule has 1 aliphatic carbocycles. The zero-order valence-electron chi connectivity index (χ0n) is 16.5. The lowest BCUT2D eigenvalue weighted by molar-refractivity contribution is -0.122. The fraction of sp³-hybridized carbons (Fsp3) is 0.619. The highest BCUT2D eigenvalue weighted by Crippen LogP contribution is 2.33. The Hall–Kier alpha value is -2.12. The molecule has 0 aromatic heterocycles. The van der Waals surface area contributed by atoms with Gasteiger partial charge in [-0.05, 0) is 25.0 Å². The van der Waals surface area contributed by atoms with Crippen molar-refractivity contribution in [3.05, 3.63) is 30.3 Å². The maximum Gasteiger partial charge on any atom is 0.319 e. The van der Waals surface area contributed by atoms with E-state index in [0.717, 1.165) is 44.8 Å². The lowest BCUT2D eigenvalue weighted by Gasteiger charge is -2.48. The summed E-state index contributed by atoms with van der Waals surface area (Å²) in [5.74, 6) is -0.0155. The molecule has 1 aromatic rings. The third-order valence-corrected chi connectivity index (χ3v) is 5.75. The molecule has 0 bridgehead atoms. The van der Waals surface area contributed by atoms with E-state index in [1.807, 2.05) is 30.3 Å². The van der Waals surface area contributed by atoms with Crippen LogP contribution < -0.4 is 16.0 Å². The van der Waals surface area contributed by atoms with Crippen molar-refractivity contribution in [2.24, 2.45) is 0 Å². The summed E-state index contributed by atoms with van der Waals surface area (Å²) < 4.78 is 5.50. The number of benzene rings is 1. The molecule has 0 radical (unpaired) electrons. The Labute approximate surface area is 167 Å². The van der Waals surface area contributed by atoms with Crippen LogP contribution in [-0.4, -0.2) is 61.8 Å². The van der Waals surface area contributed by atoms with Crippen LogP contribution in [-0.2, 0) is 9.53 Å². The van der Waals surface area contributed by atoms with Gasteiger partial charge < -0.3 is 20.7 Å². The topological polar surface area (TPSA) is 82.7 Å². The van der Waals surface area contributed by atoms with Crippen LogP contribution in [0.4, 0.5) is 10.5 Å². The SMILES string of the molecule is O=C(CCNC(=O)Nc1ccccc1)NCC1(N2CCOCC2)CCCCC1. The summed E-state index contributed by atoms with van der Waals surface area (Å²) in [7, 11) is 0. The van der Waals surface area contributed by atoms with Gasteiger partial charge in [-0.15, -0.1) is 0 Å². The molecule has 3 rings (SSSR count). The van der Waals surface area contributed by atoms with Gasteiger partial charge in [0.25, 0.3) is 0 Å². The number of anilines is 1. The largest absolute Gasteiger partial charge is 0.379 e. The Morgan fingerprint density at radius 3 is 2.43 bits per heavy atom. The molecule has 3 amide bonds. The summed E-state index contributed by atoms with van der Waals surface area (Å²) in [6.45, 7) is 4.43. The molecule has 1 saturated heterocycles. The molecule has 3 N–H and O–H groups in total. The zero-order valence-corrected chi connectivity index (χ0v) is 16.5. The minimum atomic E-state index is -0.295. The van der Waals surface area contributed by atoms with Crippen molar-refractivity contribution in [1.29, 1.82) is 0 Å². The molecule has 1 saturated carbocycles. The van der Waals surface area contributed by atoms with Gasteiger partial charge in [0.15, 0.2) is 0 Å². The van der Waals surface area contributed by atoms with E-state index in [9.17, 15) is 9.59 Å². The fourth-order valence-electron chi connectivity index (χ4n) is 4.19. The first kappa shape index (κ1) is 20.6. The first-order chi connectivity index (χ1) is 13.7. The van der Waals surface area contributed by atoms with Crippen molar-refractivity contribution < 1.29 is 14.3 Å². The summed E-state index contributed by atoms with van der Waals surface area (Å²) in [5.41, 5.74) is 0.796. The third-order valence-electron chi connectivity index (χ3n) is 5.75. The van der Waals surface area contributed by atoms with Gasteiger partial charge in [0.05, 0.1) is 13.2 Å². The van der Waals surface area contributed by atoms with Crippen molar-refractivity contribution in [2.75, 3.05) is 44.7 Å². The van der Waals surface area contributed by atoms with Gasteiger partial charge in [-0.3, -0.25) is 9.69 Å². The predicted octanol–water partition coefficient (Wildman–Crippen LogP) is 2.35. The van der Waals surface area contributed by atoms with E-state index in [1.54, 1.807) is 0 Å². The Balaban J connectivity index is 1.40. The molecule has 0 spiro atoms. The van der Waals surface area contributed by atoms with Crippen molar-refractivity contribution in [3.63, 3.8) is 0 Å². The first-order valence-electron chi connectivity index (χ1n) is 10.4. The Morgan fingerprint density at radius 1 is 1.00 bits per heavy atom. The minimum absolute atomic E-state index is 0.0155. The Bertz CT molecular complexity index is 626. The van der Waals surface area contributed by atoms with Crippen LogP contribution in [0.3, 0.4) is 0 Å². The fourth-order valence-corrected chi connectivity index (χ4v) is 4.19. The van der Waals surface area contributed by atoms with E-state index in [4.69, 9.17) is 4.74 Å². The zero-order chi connectivity index (χ0) is 19.7. The molecule has 0 atom stereocenters. The second-order valence-corrected chi connectivity index (χ2v) is 7.66. The second kappa shape index (κ2) is 10.4. The molecule has 2 fully saturated rings. The molecular weight excluding hydrogens is 356 g/mol. The summed E-state index contributed by atoms with van der Waals surface area (Å²) in [6, 6.07) is 8.96. The van der Waals surface area contributed by atoms with Crippen LogP contribution in [0.2, 0.25) is 0 Å². The van der Waals surface area contributed by atoms with Gasteiger partial charge in [-0.1, -0.05) is 37.5 Å². The highest BCUT2D eigenvalue weighted by molar-refractivity contribution is 5.89. The molecule has 2 aliphatic rings. The van der Waals surface area contributed by atoms with Crippen LogP contribution in [0.15, 0.2) is 30.3 Å². The number of ether oxygens (including phenoxy) is 1. The molecular formula is C21H32N4O3. The number of urea groups is 1. The lowest BCUT2D eigenvalue weighted by Crippen LogP contribution is -2.59. The smallest absolute Gasteiger partial charge is 0.319 e. The normalized spacial score (nSPS) is 19.6. The summed E-state index contributed by atoms with van der Waals surface area (Å²) in [4.78, 5) is 26.7. The average Bonchev–Trinajstić information content (AvgIpc) is 2.74. The van der Waals surface area contributed by atoms with E-state index < -0.39 is 0 Å². The number of para-hydroxylation sites is 1. The van der Waals surface area contributed by atoms with E-state index in [0.29, 0.717) is 13.1 Å². The van der Waals surface area contributed by atoms with Crippen molar-refractivity contribution in [1.82, 2.24) is 15.5 Å². The van der Waals surface area contributed by atoms with E-state index in [2.05, 4.69) is 20.9 Å². The van der Waals surface area contributed by atoms with Crippen molar-refractivity contribution in [3.8, 4) is 0 Å². The van der Waals surface area contributed by atoms with Crippen LogP contribution in [0.25, 0.3) is 0 Å². The molecule has 7 nitrogen and oxygen atoms in total. The van der Waals surface area contributed by atoms with Crippen molar-refractivity contribution in [2.45, 2.75) is 44.1 Å². The van der Waals surface area contributed by atoms with E-state index >= 15 is 0 Å². The second-order valence-electron chi connectivity index (χ2n) is 7.66. The number of rotatable bonds is 7.